The summed E-state index contributed by atoms with van der Waals surface area (Å²) in [5, 5.41) is 2.70. The van der Waals surface area contributed by atoms with Crippen LogP contribution in [-0.4, -0.2) is 44.9 Å². The first-order valence-corrected chi connectivity index (χ1v) is 10.6. The maximum Gasteiger partial charge on any atom is 0.248 e. The molecule has 0 radical (unpaired) electrons. The summed E-state index contributed by atoms with van der Waals surface area (Å²) in [7, 11) is -3.60. The molecule has 0 bridgehead atoms. The van der Waals surface area contributed by atoms with Crippen LogP contribution in [0.2, 0.25) is 0 Å². The Labute approximate surface area is 167 Å². The zero-order valence-electron chi connectivity index (χ0n) is 14.5. The summed E-state index contributed by atoms with van der Waals surface area (Å²) in [6.45, 7) is 1.42. The number of nitrogens with one attached hydrogen (secondary N) is 1. The largest absolute Gasteiger partial charge is 0.379 e. The minimum Gasteiger partial charge on any atom is -0.379 e. The van der Waals surface area contributed by atoms with Crippen molar-refractivity contribution in [2.45, 2.75) is 4.90 Å². The van der Waals surface area contributed by atoms with Crippen molar-refractivity contribution < 1.29 is 17.9 Å². The summed E-state index contributed by atoms with van der Waals surface area (Å²) in [5.41, 5.74) is 1.29. The molecule has 1 saturated heterocycles. The zero-order chi connectivity index (χ0) is 19.3. The van der Waals surface area contributed by atoms with Crippen LogP contribution in [0, 0.1) is 0 Å². The van der Waals surface area contributed by atoms with E-state index in [0.29, 0.717) is 32.0 Å². The van der Waals surface area contributed by atoms with Crippen LogP contribution in [0.15, 0.2) is 64.0 Å². The number of nitrogens with zero attached hydrogens (tertiary/aromatic N) is 1. The number of sulfonamides is 1. The summed E-state index contributed by atoms with van der Waals surface area (Å²) < 4.78 is 32.9. The quantitative estimate of drug-likeness (QED) is 0.709. The van der Waals surface area contributed by atoms with Crippen LogP contribution < -0.4 is 5.32 Å². The number of amides is 1. The molecule has 1 heterocycles. The van der Waals surface area contributed by atoms with Gasteiger partial charge in [-0.15, -0.1) is 0 Å². The van der Waals surface area contributed by atoms with Gasteiger partial charge in [-0.25, -0.2) is 8.42 Å². The number of hydrogen-bond donors (Lipinski definition) is 1. The molecule has 1 aliphatic heterocycles. The van der Waals surface area contributed by atoms with E-state index in [1.807, 2.05) is 24.3 Å². The SMILES string of the molecule is O=C(/C=C/c1ccccc1Br)Nc1cccc(S(=O)(=O)N2CCOCC2)c1. The van der Waals surface area contributed by atoms with Gasteiger partial charge < -0.3 is 10.1 Å². The Morgan fingerprint density at radius 1 is 1.11 bits per heavy atom. The number of hydrogen-bond acceptors (Lipinski definition) is 4. The Balaban J connectivity index is 1.72. The van der Waals surface area contributed by atoms with E-state index in [1.54, 1.807) is 18.2 Å². The van der Waals surface area contributed by atoms with Crippen LogP contribution in [0.3, 0.4) is 0 Å². The fourth-order valence-corrected chi connectivity index (χ4v) is 4.50. The maximum atomic E-state index is 12.7. The number of carbonyl (C=O) groups is 1. The van der Waals surface area contributed by atoms with Gasteiger partial charge in [0.25, 0.3) is 0 Å². The van der Waals surface area contributed by atoms with E-state index < -0.39 is 10.0 Å². The number of ether oxygens (including phenoxy) is 1. The van der Waals surface area contributed by atoms with Gasteiger partial charge in [0.15, 0.2) is 0 Å². The smallest absolute Gasteiger partial charge is 0.248 e. The summed E-state index contributed by atoms with van der Waals surface area (Å²) in [5.74, 6) is -0.341. The van der Waals surface area contributed by atoms with E-state index in [-0.39, 0.29) is 10.8 Å². The molecule has 2 aromatic rings. The monoisotopic (exact) mass is 450 g/mol. The Morgan fingerprint density at radius 3 is 2.59 bits per heavy atom. The van der Waals surface area contributed by atoms with E-state index >= 15 is 0 Å². The molecule has 1 amide bonds. The Morgan fingerprint density at radius 2 is 1.85 bits per heavy atom. The minimum atomic E-state index is -3.60. The molecule has 0 aromatic heterocycles. The number of morpholine rings is 1. The van der Waals surface area contributed by atoms with Crippen LogP contribution in [0.5, 0.6) is 0 Å². The van der Waals surface area contributed by atoms with E-state index in [0.717, 1.165) is 10.0 Å². The number of rotatable bonds is 5. The van der Waals surface area contributed by atoms with Crippen LogP contribution in [0.25, 0.3) is 6.08 Å². The zero-order valence-corrected chi connectivity index (χ0v) is 16.9. The third-order valence-electron chi connectivity index (χ3n) is 4.03. The van der Waals surface area contributed by atoms with E-state index in [2.05, 4.69) is 21.2 Å². The second-order valence-electron chi connectivity index (χ2n) is 5.89. The predicted octanol–water partition coefficient (Wildman–Crippen LogP) is 3.12. The third-order valence-corrected chi connectivity index (χ3v) is 6.65. The summed E-state index contributed by atoms with van der Waals surface area (Å²) >= 11 is 3.42. The molecule has 142 valence electrons. The molecule has 0 saturated carbocycles. The minimum absolute atomic E-state index is 0.150. The Bertz CT molecular complexity index is 954. The number of benzene rings is 2. The highest BCUT2D eigenvalue weighted by Gasteiger charge is 2.26. The standard InChI is InChI=1S/C19H19BrN2O4S/c20-18-7-2-1-4-15(18)8-9-19(23)21-16-5-3-6-17(14-16)27(24,25)22-10-12-26-13-11-22/h1-9,14H,10-13H2,(H,21,23)/b9-8+. The lowest BCUT2D eigenvalue weighted by molar-refractivity contribution is -0.111. The summed E-state index contributed by atoms with van der Waals surface area (Å²) in [4.78, 5) is 12.3. The van der Waals surface area contributed by atoms with Crippen molar-refractivity contribution >= 4 is 43.6 Å². The molecule has 6 nitrogen and oxygen atoms in total. The molecule has 0 spiro atoms. The number of anilines is 1. The fourth-order valence-electron chi connectivity index (χ4n) is 2.63. The molecule has 8 heteroatoms. The topological polar surface area (TPSA) is 75.7 Å². The maximum absolute atomic E-state index is 12.7. The highest BCUT2D eigenvalue weighted by atomic mass is 79.9. The highest BCUT2D eigenvalue weighted by Crippen LogP contribution is 2.21. The van der Waals surface area contributed by atoms with E-state index in [9.17, 15) is 13.2 Å². The number of halogens is 1. The van der Waals surface area contributed by atoms with Gasteiger partial charge >= 0.3 is 0 Å². The van der Waals surface area contributed by atoms with Crippen LogP contribution in [0.4, 0.5) is 5.69 Å². The van der Waals surface area contributed by atoms with Gasteiger partial charge in [-0.05, 0) is 35.9 Å². The van der Waals surface area contributed by atoms with Gasteiger partial charge in [-0.1, -0.05) is 40.2 Å². The van der Waals surface area contributed by atoms with Crippen molar-refractivity contribution in [1.82, 2.24) is 4.31 Å². The lowest BCUT2D eigenvalue weighted by Gasteiger charge is -2.26. The second-order valence-corrected chi connectivity index (χ2v) is 8.68. The molecule has 2 aromatic carbocycles. The highest BCUT2D eigenvalue weighted by molar-refractivity contribution is 9.10. The lowest BCUT2D eigenvalue weighted by atomic mass is 10.2. The van der Waals surface area contributed by atoms with E-state index in [4.69, 9.17) is 4.74 Å². The van der Waals surface area contributed by atoms with Crippen molar-refractivity contribution in [3.63, 3.8) is 0 Å². The van der Waals surface area contributed by atoms with Gasteiger partial charge in [0.05, 0.1) is 18.1 Å². The van der Waals surface area contributed by atoms with Crippen molar-refractivity contribution in [3.8, 4) is 0 Å². The molecule has 1 fully saturated rings. The molecule has 3 rings (SSSR count). The van der Waals surface area contributed by atoms with Gasteiger partial charge in [-0.2, -0.15) is 4.31 Å². The van der Waals surface area contributed by atoms with Gasteiger partial charge in [0, 0.05) is 29.3 Å². The van der Waals surface area contributed by atoms with Crippen molar-refractivity contribution in [1.29, 1.82) is 0 Å². The summed E-state index contributed by atoms with van der Waals surface area (Å²) in [6.07, 6.45) is 3.09. The first-order valence-electron chi connectivity index (χ1n) is 8.38. The molecule has 0 unspecified atom stereocenters. The Hall–Kier alpha value is -2.00. The van der Waals surface area contributed by atoms with E-state index in [1.165, 1.54) is 22.5 Å². The van der Waals surface area contributed by atoms with Crippen molar-refractivity contribution in [2.24, 2.45) is 0 Å². The molecule has 0 aliphatic carbocycles. The van der Waals surface area contributed by atoms with Crippen molar-refractivity contribution in [2.75, 3.05) is 31.6 Å². The molecular formula is C19H19BrN2O4S. The second kappa shape index (κ2) is 8.79. The first-order chi connectivity index (χ1) is 13.0. The molecule has 1 N–H and O–H groups in total. The third kappa shape index (κ3) is 5.04. The molecule has 27 heavy (non-hydrogen) atoms. The van der Waals surface area contributed by atoms with Gasteiger partial charge in [-0.3, -0.25) is 4.79 Å². The van der Waals surface area contributed by atoms with Crippen LogP contribution in [-0.2, 0) is 19.6 Å². The average molecular weight is 451 g/mol. The van der Waals surface area contributed by atoms with Gasteiger partial charge in [0.1, 0.15) is 0 Å². The predicted molar refractivity (Wildman–Crippen MR) is 108 cm³/mol. The molecule has 1 aliphatic rings. The fraction of sp³-hybridized carbons (Fsp3) is 0.211. The molecule has 0 atom stereocenters. The molecular weight excluding hydrogens is 432 g/mol. The Kier molecular flexibility index (Phi) is 6.43. The van der Waals surface area contributed by atoms with Gasteiger partial charge in [0.2, 0.25) is 15.9 Å². The van der Waals surface area contributed by atoms with Crippen molar-refractivity contribution in [3.05, 3.63) is 64.6 Å². The van der Waals surface area contributed by atoms with Crippen LogP contribution >= 0.6 is 15.9 Å². The first kappa shape index (κ1) is 19.8. The lowest BCUT2D eigenvalue weighted by Crippen LogP contribution is -2.40. The summed E-state index contributed by atoms with van der Waals surface area (Å²) in [6, 6.07) is 13.8. The normalized spacial score (nSPS) is 15.7. The number of carbonyl (C=O) groups excluding carboxylic acids is 1. The average Bonchev–Trinajstić information content (AvgIpc) is 2.68. The van der Waals surface area contributed by atoms with Crippen LogP contribution in [0.1, 0.15) is 5.56 Å².